The van der Waals surface area contributed by atoms with Crippen molar-refractivity contribution in [1.29, 1.82) is 0 Å². The van der Waals surface area contributed by atoms with E-state index in [1.165, 1.54) is 0 Å². The monoisotopic (exact) mass is 145 g/mol. The van der Waals surface area contributed by atoms with Crippen molar-refractivity contribution in [2.24, 2.45) is 0 Å². The fourth-order valence-electron chi connectivity index (χ4n) is 0.869. The Kier molecular flexibility index (Phi) is 2.65. The maximum Gasteiger partial charge on any atom is 0.323 e. The minimum Gasteiger partial charge on any atom is -0.480 e. The quantitative estimate of drug-likeness (QED) is 0.519. The molecule has 1 rings (SSSR count). The zero-order valence-corrected chi connectivity index (χ0v) is 5.67. The van der Waals surface area contributed by atoms with E-state index in [9.17, 15) is 4.79 Å². The van der Waals surface area contributed by atoms with Gasteiger partial charge in [-0.15, -0.1) is 0 Å². The zero-order chi connectivity index (χ0) is 7.40. The predicted molar refractivity (Wildman–Crippen MR) is 34.9 cm³/mol. The van der Waals surface area contributed by atoms with E-state index in [2.05, 4.69) is 5.32 Å². The first-order chi connectivity index (χ1) is 4.80. The van der Waals surface area contributed by atoms with Crippen LogP contribution in [0.5, 0.6) is 0 Å². The van der Waals surface area contributed by atoms with Crippen molar-refractivity contribution < 1.29 is 14.6 Å². The second-order valence-electron chi connectivity index (χ2n) is 2.27. The molecule has 4 heteroatoms. The van der Waals surface area contributed by atoms with Crippen LogP contribution in [0.2, 0.25) is 0 Å². The van der Waals surface area contributed by atoms with Crippen LogP contribution in [0, 0.1) is 0 Å². The smallest absolute Gasteiger partial charge is 0.323 e. The summed E-state index contributed by atoms with van der Waals surface area (Å²) in [6, 6.07) is -0.512. The number of carboxylic acids is 1. The molecule has 1 heterocycles. The number of hydrogen-bond acceptors (Lipinski definition) is 3. The predicted octanol–water partition coefficient (Wildman–Crippen LogP) is -0.551. The molecule has 0 saturated carbocycles. The number of ether oxygens (including phenoxy) is 1. The molecule has 2 N–H and O–H groups in total. The van der Waals surface area contributed by atoms with Crippen molar-refractivity contribution in [1.82, 2.24) is 5.32 Å². The Morgan fingerprint density at radius 3 is 3.20 bits per heavy atom. The van der Waals surface area contributed by atoms with Crippen LogP contribution in [0.25, 0.3) is 0 Å². The summed E-state index contributed by atoms with van der Waals surface area (Å²) in [6.45, 7) is 1.68. The molecule has 0 bridgehead atoms. The van der Waals surface area contributed by atoms with Gasteiger partial charge in [-0.05, 0) is 13.0 Å². The molecule has 0 spiro atoms. The summed E-state index contributed by atoms with van der Waals surface area (Å²) in [7, 11) is 0. The molecule has 1 atom stereocenters. The first kappa shape index (κ1) is 7.50. The fraction of sp³-hybridized carbons (Fsp3) is 0.833. The number of carboxylic acid groups (broad SMARTS) is 1. The van der Waals surface area contributed by atoms with Gasteiger partial charge in [-0.2, -0.15) is 0 Å². The molecular weight excluding hydrogens is 134 g/mol. The second kappa shape index (κ2) is 3.53. The van der Waals surface area contributed by atoms with Crippen LogP contribution in [-0.4, -0.2) is 36.9 Å². The van der Waals surface area contributed by atoms with Crippen molar-refractivity contribution >= 4 is 5.97 Å². The molecule has 1 saturated heterocycles. The number of carbonyl (C=O) groups is 1. The number of nitrogens with one attached hydrogen (secondary N) is 1. The Balaban J connectivity index is 2.35. The van der Waals surface area contributed by atoms with Gasteiger partial charge < -0.3 is 15.2 Å². The first-order valence-electron chi connectivity index (χ1n) is 3.34. The van der Waals surface area contributed by atoms with Gasteiger partial charge in [-0.25, -0.2) is 0 Å². The van der Waals surface area contributed by atoms with Crippen molar-refractivity contribution in [3.63, 3.8) is 0 Å². The van der Waals surface area contributed by atoms with Crippen LogP contribution in [0.1, 0.15) is 6.42 Å². The standard InChI is InChI=1S/C6H11NO3/c8-6(9)5-4-10-3-1-2-7-5/h5,7H,1-4H2,(H,8,9). The van der Waals surface area contributed by atoms with Crippen LogP contribution >= 0.6 is 0 Å². The summed E-state index contributed by atoms with van der Waals surface area (Å²) < 4.78 is 5.03. The van der Waals surface area contributed by atoms with Gasteiger partial charge in [0.25, 0.3) is 0 Å². The normalized spacial score (nSPS) is 27.4. The van der Waals surface area contributed by atoms with Gasteiger partial charge in [0.05, 0.1) is 6.61 Å². The minimum atomic E-state index is -0.832. The third-order valence-electron chi connectivity index (χ3n) is 1.44. The summed E-state index contributed by atoms with van der Waals surface area (Å²) in [5, 5.41) is 11.4. The highest BCUT2D eigenvalue weighted by molar-refractivity contribution is 5.73. The van der Waals surface area contributed by atoms with Crippen molar-refractivity contribution in [2.45, 2.75) is 12.5 Å². The third-order valence-corrected chi connectivity index (χ3v) is 1.44. The zero-order valence-electron chi connectivity index (χ0n) is 5.67. The lowest BCUT2D eigenvalue weighted by atomic mass is 10.3. The minimum absolute atomic E-state index is 0.287. The molecule has 0 aromatic heterocycles. The number of rotatable bonds is 1. The number of hydrogen-bond donors (Lipinski definition) is 2. The molecule has 4 nitrogen and oxygen atoms in total. The fourth-order valence-corrected chi connectivity index (χ4v) is 0.869. The maximum atomic E-state index is 10.4. The Morgan fingerprint density at radius 2 is 2.50 bits per heavy atom. The Hall–Kier alpha value is -0.610. The van der Waals surface area contributed by atoms with Crippen LogP contribution in [0.3, 0.4) is 0 Å². The molecule has 0 amide bonds. The molecule has 0 aromatic carbocycles. The highest BCUT2D eigenvalue weighted by Crippen LogP contribution is 1.93. The summed E-state index contributed by atoms with van der Waals surface area (Å²) in [5.41, 5.74) is 0. The van der Waals surface area contributed by atoms with Gasteiger partial charge >= 0.3 is 5.97 Å². The second-order valence-corrected chi connectivity index (χ2v) is 2.27. The molecule has 0 aromatic rings. The highest BCUT2D eigenvalue weighted by Gasteiger charge is 2.18. The van der Waals surface area contributed by atoms with E-state index in [1.807, 2.05) is 0 Å². The van der Waals surface area contributed by atoms with E-state index >= 15 is 0 Å². The lowest BCUT2D eigenvalue weighted by molar-refractivity contribution is -0.140. The Labute approximate surface area is 59.2 Å². The van der Waals surface area contributed by atoms with Gasteiger partial charge in [0, 0.05) is 6.61 Å². The van der Waals surface area contributed by atoms with Gasteiger partial charge in [0.15, 0.2) is 0 Å². The van der Waals surface area contributed by atoms with Crippen LogP contribution in [0.15, 0.2) is 0 Å². The summed E-state index contributed by atoms with van der Waals surface area (Å²) in [6.07, 6.45) is 0.893. The first-order valence-corrected chi connectivity index (χ1v) is 3.34. The van der Waals surface area contributed by atoms with Crippen molar-refractivity contribution in [2.75, 3.05) is 19.8 Å². The lowest BCUT2D eigenvalue weighted by Gasteiger charge is -2.07. The van der Waals surface area contributed by atoms with E-state index in [0.717, 1.165) is 13.0 Å². The topological polar surface area (TPSA) is 58.6 Å². The molecule has 1 aliphatic heterocycles. The van der Waals surface area contributed by atoms with E-state index in [4.69, 9.17) is 9.84 Å². The molecule has 1 aliphatic rings. The maximum absolute atomic E-state index is 10.4. The average Bonchev–Trinajstić information content (AvgIpc) is 2.12. The lowest BCUT2D eigenvalue weighted by Crippen LogP contribution is -2.38. The molecule has 0 radical (unpaired) electrons. The molecular formula is C6H11NO3. The average molecular weight is 145 g/mol. The van der Waals surface area contributed by atoms with Crippen molar-refractivity contribution in [3.05, 3.63) is 0 Å². The van der Waals surface area contributed by atoms with Crippen LogP contribution in [0.4, 0.5) is 0 Å². The largest absolute Gasteiger partial charge is 0.480 e. The molecule has 58 valence electrons. The highest BCUT2D eigenvalue weighted by atomic mass is 16.5. The molecule has 1 unspecified atom stereocenters. The van der Waals surface area contributed by atoms with E-state index < -0.39 is 12.0 Å². The van der Waals surface area contributed by atoms with E-state index in [0.29, 0.717) is 6.61 Å². The van der Waals surface area contributed by atoms with Crippen molar-refractivity contribution in [3.8, 4) is 0 Å². The summed E-state index contributed by atoms with van der Waals surface area (Å²) in [5.74, 6) is -0.832. The summed E-state index contributed by atoms with van der Waals surface area (Å²) in [4.78, 5) is 10.4. The number of aliphatic carboxylic acids is 1. The van der Waals surface area contributed by atoms with Crippen LogP contribution < -0.4 is 5.32 Å². The molecule has 0 aliphatic carbocycles. The van der Waals surface area contributed by atoms with Gasteiger partial charge in [0.1, 0.15) is 6.04 Å². The van der Waals surface area contributed by atoms with E-state index in [1.54, 1.807) is 0 Å². The third kappa shape index (κ3) is 1.97. The van der Waals surface area contributed by atoms with Gasteiger partial charge in [-0.1, -0.05) is 0 Å². The Bertz CT molecular complexity index is 118. The summed E-state index contributed by atoms with van der Waals surface area (Å²) >= 11 is 0. The van der Waals surface area contributed by atoms with Gasteiger partial charge in [-0.3, -0.25) is 4.79 Å². The SMILES string of the molecule is O=C(O)C1COCCCN1. The molecule has 1 fully saturated rings. The van der Waals surface area contributed by atoms with Gasteiger partial charge in [0.2, 0.25) is 0 Å². The van der Waals surface area contributed by atoms with Crippen LogP contribution in [-0.2, 0) is 9.53 Å². The Morgan fingerprint density at radius 1 is 1.70 bits per heavy atom. The van der Waals surface area contributed by atoms with E-state index in [-0.39, 0.29) is 6.61 Å². The molecule has 10 heavy (non-hydrogen) atoms.